The molecular weight excluding hydrogens is 256 g/mol. The smallest absolute Gasteiger partial charge is 0.248 e. The predicted octanol–water partition coefficient (Wildman–Crippen LogP) is 0.826. The lowest BCUT2D eigenvalue weighted by Gasteiger charge is -2.48. The van der Waals surface area contributed by atoms with E-state index in [-0.39, 0.29) is 11.8 Å². The third-order valence-electron chi connectivity index (χ3n) is 4.08. The van der Waals surface area contributed by atoms with Crippen LogP contribution in [0.1, 0.15) is 39.7 Å². The molecular formula is C14H22N4O2. The van der Waals surface area contributed by atoms with E-state index in [9.17, 15) is 9.59 Å². The van der Waals surface area contributed by atoms with Crippen LogP contribution in [0.15, 0.2) is 12.4 Å². The Hall–Kier alpha value is -1.85. The van der Waals surface area contributed by atoms with Crippen molar-refractivity contribution in [2.75, 3.05) is 0 Å². The molecule has 1 aromatic heterocycles. The lowest BCUT2D eigenvalue weighted by atomic mass is 9.86. The molecule has 0 saturated carbocycles. The minimum Gasteiger partial charge on any atom is -0.340 e. The minimum absolute atomic E-state index is 0.0645. The van der Waals surface area contributed by atoms with E-state index in [2.05, 4.69) is 10.4 Å². The first-order valence-electron chi connectivity index (χ1n) is 6.83. The van der Waals surface area contributed by atoms with E-state index >= 15 is 0 Å². The molecule has 0 bridgehead atoms. The van der Waals surface area contributed by atoms with Crippen LogP contribution >= 0.6 is 0 Å². The van der Waals surface area contributed by atoms with Gasteiger partial charge in [0.15, 0.2) is 0 Å². The molecule has 1 unspecified atom stereocenters. The molecule has 20 heavy (non-hydrogen) atoms. The molecule has 1 aliphatic rings. The van der Waals surface area contributed by atoms with Gasteiger partial charge in [0.25, 0.3) is 0 Å². The average molecular weight is 278 g/mol. The number of aryl methyl sites for hydroxylation is 1. The second-order valence-corrected chi connectivity index (χ2v) is 6.12. The Morgan fingerprint density at radius 2 is 1.95 bits per heavy atom. The molecule has 0 aromatic carbocycles. The van der Waals surface area contributed by atoms with Gasteiger partial charge in [0.1, 0.15) is 11.1 Å². The molecule has 1 saturated heterocycles. The molecule has 1 N–H and O–H groups in total. The summed E-state index contributed by atoms with van der Waals surface area (Å²) in [5, 5.41) is 6.93. The van der Waals surface area contributed by atoms with E-state index in [0.717, 1.165) is 5.56 Å². The van der Waals surface area contributed by atoms with Crippen LogP contribution in [0.4, 0.5) is 0 Å². The van der Waals surface area contributed by atoms with Crippen LogP contribution in [-0.2, 0) is 23.2 Å². The van der Waals surface area contributed by atoms with Crippen molar-refractivity contribution in [2.24, 2.45) is 7.05 Å². The molecule has 1 fully saturated rings. The van der Waals surface area contributed by atoms with Crippen LogP contribution in [0.3, 0.4) is 0 Å². The molecule has 2 rings (SSSR count). The molecule has 1 aliphatic heterocycles. The number of aromatic nitrogens is 2. The maximum absolute atomic E-state index is 12.7. The first-order chi connectivity index (χ1) is 9.20. The zero-order valence-corrected chi connectivity index (χ0v) is 12.7. The van der Waals surface area contributed by atoms with Crippen LogP contribution in [0.25, 0.3) is 0 Å². The number of amides is 2. The van der Waals surface area contributed by atoms with Gasteiger partial charge in [-0.05, 0) is 27.2 Å². The Morgan fingerprint density at radius 1 is 1.30 bits per heavy atom. The van der Waals surface area contributed by atoms with Gasteiger partial charge < -0.3 is 10.2 Å². The highest BCUT2D eigenvalue weighted by molar-refractivity contribution is 6.01. The number of carbonyl (C=O) groups excluding carboxylic acids is 2. The quantitative estimate of drug-likeness (QED) is 0.890. The van der Waals surface area contributed by atoms with E-state index in [4.69, 9.17) is 0 Å². The third kappa shape index (κ3) is 2.19. The highest BCUT2D eigenvalue weighted by Crippen LogP contribution is 2.30. The summed E-state index contributed by atoms with van der Waals surface area (Å²) in [4.78, 5) is 26.7. The molecule has 6 nitrogen and oxygen atoms in total. The van der Waals surface area contributed by atoms with Gasteiger partial charge in [0.2, 0.25) is 11.8 Å². The molecule has 2 heterocycles. The van der Waals surface area contributed by atoms with Crippen molar-refractivity contribution in [1.29, 1.82) is 0 Å². The zero-order chi connectivity index (χ0) is 15.1. The number of nitrogens with zero attached hydrogens (tertiary/aromatic N) is 3. The summed E-state index contributed by atoms with van der Waals surface area (Å²) in [5.41, 5.74) is -0.762. The van der Waals surface area contributed by atoms with Crippen LogP contribution in [0.5, 0.6) is 0 Å². The minimum atomic E-state index is -0.867. The van der Waals surface area contributed by atoms with Crippen molar-refractivity contribution >= 4 is 11.8 Å². The van der Waals surface area contributed by atoms with Crippen LogP contribution < -0.4 is 5.32 Å². The van der Waals surface area contributed by atoms with Gasteiger partial charge in [-0.25, -0.2) is 0 Å². The van der Waals surface area contributed by atoms with Gasteiger partial charge in [-0.15, -0.1) is 0 Å². The Bertz CT molecular complexity index is 549. The third-order valence-corrected chi connectivity index (χ3v) is 4.08. The normalized spacial score (nSPS) is 25.8. The molecule has 0 aliphatic carbocycles. The van der Waals surface area contributed by atoms with E-state index in [1.165, 1.54) is 0 Å². The second-order valence-electron chi connectivity index (χ2n) is 6.12. The largest absolute Gasteiger partial charge is 0.340 e. The molecule has 1 atom stereocenters. The summed E-state index contributed by atoms with van der Waals surface area (Å²) in [6, 6.07) is 0. The first-order valence-corrected chi connectivity index (χ1v) is 6.83. The second kappa shape index (κ2) is 4.61. The molecule has 6 heteroatoms. The number of hydrogen-bond donors (Lipinski definition) is 1. The summed E-state index contributed by atoms with van der Waals surface area (Å²) in [6.07, 6.45) is 4.16. The van der Waals surface area contributed by atoms with Gasteiger partial charge >= 0.3 is 0 Å². The molecule has 1 aromatic rings. The molecule has 2 amide bonds. The summed E-state index contributed by atoms with van der Waals surface area (Å²) in [7, 11) is 1.83. The van der Waals surface area contributed by atoms with Crippen molar-refractivity contribution in [2.45, 2.75) is 51.7 Å². The van der Waals surface area contributed by atoms with Crippen LogP contribution in [-0.4, -0.2) is 37.6 Å². The number of hydrogen-bond acceptors (Lipinski definition) is 3. The van der Waals surface area contributed by atoms with Crippen molar-refractivity contribution in [3.8, 4) is 0 Å². The van der Waals surface area contributed by atoms with Crippen molar-refractivity contribution < 1.29 is 9.59 Å². The SMILES string of the molecule is CCC1(C)C(=O)NC(C)(C)C(=O)N1Cc1cnn(C)c1. The topological polar surface area (TPSA) is 67.2 Å². The Labute approximate surface area is 119 Å². The van der Waals surface area contributed by atoms with E-state index in [1.54, 1.807) is 29.6 Å². The van der Waals surface area contributed by atoms with Gasteiger partial charge in [0, 0.05) is 25.4 Å². The van der Waals surface area contributed by atoms with Crippen LogP contribution in [0.2, 0.25) is 0 Å². The fraction of sp³-hybridized carbons (Fsp3) is 0.643. The van der Waals surface area contributed by atoms with Crippen molar-refractivity contribution in [1.82, 2.24) is 20.0 Å². The van der Waals surface area contributed by atoms with Gasteiger partial charge in [-0.3, -0.25) is 14.3 Å². The standard InChI is InChI=1S/C14H22N4O2/c1-6-14(4)11(19)16-13(2,3)12(20)18(14)9-10-7-15-17(5)8-10/h7-8H,6,9H2,1-5H3,(H,16,19). The van der Waals surface area contributed by atoms with E-state index in [1.807, 2.05) is 27.1 Å². The molecule has 0 spiro atoms. The van der Waals surface area contributed by atoms with Gasteiger partial charge in [-0.2, -0.15) is 5.10 Å². The fourth-order valence-corrected chi connectivity index (χ4v) is 2.49. The number of nitrogens with one attached hydrogen (secondary N) is 1. The maximum Gasteiger partial charge on any atom is 0.248 e. The Morgan fingerprint density at radius 3 is 2.45 bits per heavy atom. The predicted molar refractivity (Wildman–Crippen MR) is 74.7 cm³/mol. The Balaban J connectivity index is 2.38. The maximum atomic E-state index is 12.7. The van der Waals surface area contributed by atoms with Gasteiger partial charge in [0.05, 0.1) is 6.20 Å². The number of piperazine rings is 1. The number of carbonyl (C=O) groups is 2. The van der Waals surface area contributed by atoms with Crippen molar-refractivity contribution in [3.05, 3.63) is 18.0 Å². The van der Waals surface area contributed by atoms with E-state index < -0.39 is 11.1 Å². The monoisotopic (exact) mass is 278 g/mol. The Kier molecular flexibility index (Phi) is 3.36. The highest BCUT2D eigenvalue weighted by atomic mass is 16.2. The lowest BCUT2D eigenvalue weighted by molar-refractivity contribution is -0.161. The highest BCUT2D eigenvalue weighted by Gasteiger charge is 2.51. The average Bonchev–Trinajstić information content (AvgIpc) is 2.77. The lowest BCUT2D eigenvalue weighted by Crippen LogP contribution is -2.72. The van der Waals surface area contributed by atoms with Crippen molar-refractivity contribution in [3.63, 3.8) is 0 Å². The summed E-state index contributed by atoms with van der Waals surface area (Å²) in [5.74, 6) is -0.168. The molecule has 110 valence electrons. The van der Waals surface area contributed by atoms with Gasteiger partial charge in [-0.1, -0.05) is 6.92 Å². The zero-order valence-electron chi connectivity index (χ0n) is 12.7. The van der Waals surface area contributed by atoms with E-state index in [0.29, 0.717) is 13.0 Å². The fourth-order valence-electron chi connectivity index (χ4n) is 2.49. The first kappa shape index (κ1) is 14.6. The number of rotatable bonds is 3. The summed E-state index contributed by atoms with van der Waals surface area (Å²) < 4.78 is 1.69. The van der Waals surface area contributed by atoms with Crippen LogP contribution in [0, 0.1) is 0 Å². The molecule has 0 radical (unpaired) electrons. The summed E-state index contributed by atoms with van der Waals surface area (Å²) in [6.45, 7) is 7.60. The summed E-state index contributed by atoms with van der Waals surface area (Å²) >= 11 is 0.